The van der Waals surface area contributed by atoms with Gasteiger partial charge < -0.3 is 4.74 Å². The van der Waals surface area contributed by atoms with Gasteiger partial charge in [0.25, 0.3) is 0 Å². The van der Waals surface area contributed by atoms with Crippen LogP contribution in [-0.2, 0) is 10.2 Å². The van der Waals surface area contributed by atoms with Crippen LogP contribution in [0.5, 0.6) is 5.75 Å². The summed E-state index contributed by atoms with van der Waals surface area (Å²) in [6.07, 6.45) is 4.88. The Hall–Kier alpha value is -3.06. The number of rotatable bonds is 6. The first-order chi connectivity index (χ1) is 16.5. The van der Waals surface area contributed by atoms with Crippen molar-refractivity contribution in [3.8, 4) is 22.9 Å². The summed E-state index contributed by atoms with van der Waals surface area (Å²) in [7, 11) is -2.08. The Morgan fingerprint density at radius 3 is 2.71 bits per heavy atom. The van der Waals surface area contributed by atoms with Gasteiger partial charge in [0.05, 0.1) is 30.6 Å². The van der Waals surface area contributed by atoms with Crippen LogP contribution in [0.1, 0.15) is 29.9 Å². The highest BCUT2D eigenvalue weighted by Gasteiger charge is 2.37. The Labute approximate surface area is 204 Å². The fraction of sp³-hybridized carbons (Fsp3) is 0.280. The summed E-state index contributed by atoms with van der Waals surface area (Å²) in [6.45, 7) is 0.386. The molecule has 3 aromatic rings. The SMILES string of the molecule is COc1cccc(C2CC(NS(=O)(=O)N3CCSc4c(-c5ccc(C#N)cc5)cncc43)C2)c1. The molecule has 174 valence electrons. The number of thioether (sulfide) groups is 1. The molecule has 0 unspecified atom stereocenters. The van der Waals surface area contributed by atoms with E-state index in [-0.39, 0.29) is 6.04 Å². The second-order valence-electron chi connectivity index (χ2n) is 8.41. The van der Waals surface area contributed by atoms with E-state index in [2.05, 4.69) is 21.8 Å². The van der Waals surface area contributed by atoms with E-state index < -0.39 is 10.2 Å². The molecule has 9 heteroatoms. The second-order valence-corrected chi connectivity index (χ2v) is 11.1. The minimum Gasteiger partial charge on any atom is -0.497 e. The molecule has 1 fully saturated rings. The molecule has 1 aromatic heterocycles. The first kappa shape index (κ1) is 22.7. The summed E-state index contributed by atoms with van der Waals surface area (Å²) in [6, 6.07) is 17.2. The van der Waals surface area contributed by atoms with Gasteiger partial charge >= 0.3 is 10.2 Å². The predicted molar refractivity (Wildman–Crippen MR) is 133 cm³/mol. The van der Waals surface area contributed by atoms with Crippen molar-refractivity contribution in [2.24, 2.45) is 0 Å². The van der Waals surface area contributed by atoms with E-state index in [0.717, 1.165) is 34.6 Å². The van der Waals surface area contributed by atoms with Crippen LogP contribution in [0, 0.1) is 11.3 Å². The summed E-state index contributed by atoms with van der Waals surface area (Å²) >= 11 is 1.63. The summed E-state index contributed by atoms with van der Waals surface area (Å²) in [5.41, 5.74) is 4.12. The molecular formula is C25H24N4O3S2. The highest BCUT2D eigenvalue weighted by molar-refractivity contribution is 8.00. The number of nitrogens with zero attached hydrogens (tertiary/aromatic N) is 3. The molecule has 1 saturated carbocycles. The van der Waals surface area contributed by atoms with Crippen molar-refractivity contribution >= 4 is 27.7 Å². The van der Waals surface area contributed by atoms with E-state index in [1.54, 1.807) is 43.4 Å². The molecule has 0 atom stereocenters. The molecule has 0 radical (unpaired) electrons. The number of nitriles is 1. The minimum atomic E-state index is -3.72. The number of ether oxygens (including phenoxy) is 1. The average molecular weight is 493 g/mol. The molecule has 7 nitrogen and oxygen atoms in total. The van der Waals surface area contributed by atoms with Crippen LogP contribution in [-0.4, -0.2) is 38.9 Å². The van der Waals surface area contributed by atoms with Crippen molar-refractivity contribution in [1.82, 2.24) is 9.71 Å². The van der Waals surface area contributed by atoms with Gasteiger partial charge in [-0.15, -0.1) is 11.8 Å². The molecular weight excluding hydrogens is 468 g/mol. The quantitative estimate of drug-likeness (QED) is 0.551. The first-order valence-corrected chi connectivity index (χ1v) is 13.5. The lowest BCUT2D eigenvalue weighted by molar-refractivity contribution is 0.324. The Morgan fingerprint density at radius 1 is 1.18 bits per heavy atom. The number of fused-ring (bicyclic) bond motifs is 1. The monoisotopic (exact) mass is 492 g/mol. The fourth-order valence-electron chi connectivity index (χ4n) is 4.45. The fourth-order valence-corrected chi connectivity index (χ4v) is 7.21. The largest absolute Gasteiger partial charge is 0.497 e. The molecule has 0 amide bonds. The lowest BCUT2D eigenvalue weighted by Gasteiger charge is -2.38. The van der Waals surface area contributed by atoms with Crippen molar-refractivity contribution in [1.29, 1.82) is 5.26 Å². The molecule has 0 spiro atoms. The molecule has 1 aliphatic heterocycles. The lowest BCUT2D eigenvalue weighted by Crippen LogP contribution is -2.51. The number of hydrogen-bond donors (Lipinski definition) is 1. The number of nitrogens with one attached hydrogen (secondary N) is 1. The molecule has 0 bridgehead atoms. The number of pyridine rings is 1. The standard InChI is InChI=1S/C25H24N4O3S2/c1-32-22-4-2-3-19(13-22)20-11-21(12-20)28-34(30,31)29-9-10-33-25-23(15-27-16-24(25)29)18-7-5-17(14-26)6-8-18/h2-8,13,15-16,20-21,28H,9-12H2,1H3. The Morgan fingerprint density at radius 2 is 1.97 bits per heavy atom. The molecule has 0 saturated heterocycles. The maximum absolute atomic E-state index is 13.3. The van der Waals surface area contributed by atoms with Gasteiger partial charge in [-0.25, -0.2) is 0 Å². The van der Waals surface area contributed by atoms with Gasteiger partial charge in [-0.3, -0.25) is 9.29 Å². The van der Waals surface area contributed by atoms with Gasteiger partial charge in [0.15, 0.2) is 0 Å². The van der Waals surface area contributed by atoms with Crippen molar-refractivity contribution in [2.75, 3.05) is 23.7 Å². The van der Waals surface area contributed by atoms with E-state index in [0.29, 0.717) is 29.5 Å². The highest BCUT2D eigenvalue weighted by Crippen LogP contribution is 2.43. The number of hydrogen-bond acceptors (Lipinski definition) is 6. The minimum absolute atomic E-state index is 0.103. The normalized spacial score (nSPS) is 19.6. The summed E-state index contributed by atoms with van der Waals surface area (Å²) < 4.78 is 36.3. The third kappa shape index (κ3) is 4.37. The van der Waals surface area contributed by atoms with Gasteiger partial charge in [0.2, 0.25) is 0 Å². The van der Waals surface area contributed by atoms with Crippen LogP contribution in [0.15, 0.2) is 65.8 Å². The molecule has 2 heterocycles. The third-order valence-corrected chi connectivity index (χ3v) is 9.02. The summed E-state index contributed by atoms with van der Waals surface area (Å²) in [4.78, 5) is 5.23. The van der Waals surface area contributed by atoms with Crippen LogP contribution >= 0.6 is 11.8 Å². The molecule has 2 aromatic carbocycles. The zero-order valence-electron chi connectivity index (χ0n) is 18.6. The lowest BCUT2D eigenvalue weighted by atomic mass is 9.76. The van der Waals surface area contributed by atoms with Crippen LogP contribution in [0.4, 0.5) is 5.69 Å². The zero-order chi connectivity index (χ0) is 23.7. The Balaban J connectivity index is 1.33. The maximum atomic E-state index is 13.3. The van der Waals surface area contributed by atoms with Gasteiger partial charge in [-0.05, 0) is 54.2 Å². The smallest absolute Gasteiger partial charge is 0.301 e. The number of methoxy groups -OCH3 is 1. The van der Waals surface area contributed by atoms with Crippen LogP contribution in [0.2, 0.25) is 0 Å². The highest BCUT2D eigenvalue weighted by atomic mass is 32.2. The summed E-state index contributed by atoms with van der Waals surface area (Å²) in [5.74, 6) is 1.78. The first-order valence-electron chi connectivity index (χ1n) is 11.0. The van der Waals surface area contributed by atoms with E-state index >= 15 is 0 Å². The molecule has 1 aliphatic carbocycles. The Kier molecular flexibility index (Phi) is 6.21. The van der Waals surface area contributed by atoms with Crippen molar-refractivity contribution < 1.29 is 13.2 Å². The van der Waals surface area contributed by atoms with Crippen LogP contribution in [0.25, 0.3) is 11.1 Å². The molecule has 5 rings (SSSR count). The summed E-state index contributed by atoms with van der Waals surface area (Å²) in [5, 5.41) is 9.06. The van der Waals surface area contributed by atoms with E-state index in [4.69, 9.17) is 10.00 Å². The van der Waals surface area contributed by atoms with E-state index in [9.17, 15) is 8.42 Å². The number of anilines is 1. The van der Waals surface area contributed by atoms with Gasteiger partial charge in [0, 0.05) is 35.0 Å². The predicted octanol–water partition coefficient (Wildman–Crippen LogP) is 4.32. The average Bonchev–Trinajstić information content (AvgIpc) is 2.85. The van der Waals surface area contributed by atoms with E-state index in [1.165, 1.54) is 9.87 Å². The number of benzene rings is 2. The van der Waals surface area contributed by atoms with E-state index in [1.807, 2.05) is 30.3 Å². The van der Waals surface area contributed by atoms with Crippen molar-refractivity contribution in [2.45, 2.75) is 29.7 Å². The maximum Gasteiger partial charge on any atom is 0.301 e. The van der Waals surface area contributed by atoms with Gasteiger partial charge in [0.1, 0.15) is 5.75 Å². The zero-order valence-corrected chi connectivity index (χ0v) is 20.3. The molecule has 1 N–H and O–H groups in total. The second kappa shape index (κ2) is 9.29. The molecule has 34 heavy (non-hydrogen) atoms. The van der Waals surface area contributed by atoms with Gasteiger partial charge in [-0.1, -0.05) is 24.3 Å². The van der Waals surface area contributed by atoms with Crippen molar-refractivity contribution in [3.63, 3.8) is 0 Å². The topological polar surface area (TPSA) is 95.3 Å². The Bertz CT molecular complexity index is 1350. The number of aromatic nitrogens is 1. The third-order valence-electron chi connectivity index (χ3n) is 6.32. The van der Waals surface area contributed by atoms with Crippen LogP contribution < -0.4 is 13.8 Å². The molecule has 2 aliphatic rings. The van der Waals surface area contributed by atoms with Gasteiger partial charge in [-0.2, -0.15) is 18.4 Å². The van der Waals surface area contributed by atoms with Crippen LogP contribution in [0.3, 0.4) is 0 Å². The van der Waals surface area contributed by atoms with Crippen molar-refractivity contribution in [3.05, 3.63) is 72.1 Å².